The quantitative estimate of drug-likeness (QED) is 0.911. The molecule has 0 bridgehead atoms. The van der Waals surface area contributed by atoms with Crippen molar-refractivity contribution in [1.29, 1.82) is 0 Å². The Hall–Kier alpha value is -2.14. The molecule has 3 N–H and O–H groups in total. The van der Waals surface area contributed by atoms with Gasteiger partial charge in [-0.1, -0.05) is 38.0 Å². The van der Waals surface area contributed by atoms with Crippen LogP contribution in [0.1, 0.15) is 43.4 Å². The molecule has 3 rings (SSSR count). The number of nitrogens with one attached hydrogen (secondary N) is 1. The van der Waals surface area contributed by atoms with E-state index in [1.165, 1.54) is 0 Å². The van der Waals surface area contributed by atoms with E-state index in [0.29, 0.717) is 0 Å². The number of fused-ring (bicyclic) bond motifs is 1. The second kappa shape index (κ2) is 5.93. The van der Waals surface area contributed by atoms with Crippen LogP contribution in [0.3, 0.4) is 0 Å². The number of carbonyl (C=O) groups excluding carboxylic acids is 1. The van der Waals surface area contributed by atoms with Gasteiger partial charge in [-0.15, -0.1) is 0 Å². The van der Waals surface area contributed by atoms with Gasteiger partial charge in [0.25, 0.3) is 0 Å². The van der Waals surface area contributed by atoms with E-state index >= 15 is 0 Å². The van der Waals surface area contributed by atoms with Crippen molar-refractivity contribution in [3.05, 3.63) is 41.6 Å². The van der Waals surface area contributed by atoms with Crippen molar-refractivity contribution in [3.63, 3.8) is 0 Å². The standard InChI is InChI=1S/C17H22N4O/c1-3-4-10-13-14-11(2)20-21(12-8-6-5-7-9-12)16(14)19-17(22)15(13)18/h5-9,13,15H,3-4,10,18H2,1-2H3,(H,19,22)/t13-,15-/m0/s1. The number of carbonyl (C=O) groups is 1. The Morgan fingerprint density at radius 2 is 2.05 bits per heavy atom. The lowest BCUT2D eigenvalue weighted by Gasteiger charge is -2.29. The largest absolute Gasteiger partial charge is 0.319 e. The van der Waals surface area contributed by atoms with Gasteiger partial charge in [0, 0.05) is 11.5 Å². The van der Waals surface area contributed by atoms with Crippen molar-refractivity contribution in [1.82, 2.24) is 9.78 Å². The summed E-state index contributed by atoms with van der Waals surface area (Å²) in [5.41, 5.74) is 9.12. The molecule has 0 unspecified atom stereocenters. The van der Waals surface area contributed by atoms with E-state index in [0.717, 1.165) is 42.0 Å². The van der Waals surface area contributed by atoms with Crippen LogP contribution in [0.15, 0.2) is 30.3 Å². The van der Waals surface area contributed by atoms with Gasteiger partial charge >= 0.3 is 0 Å². The molecule has 0 spiro atoms. The average Bonchev–Trinajstić information content (AvgIpc) is 2.85. The first-order valence-corrected chi connectivity index (χ1v) is 7.85. The Balaban J connectivity index is 2.09. The van der Waals surface area contributed by atoms with E-state index in [4.69, 9.17) is 5.73 Å². The number of aromatic nitrogens is 2. The molecule has 2 aromatic rings. The van der Waals surface area contributed by atoms with Crippen LogP contribution in [0.25, 0.3) is 5.69 Å². The molecule has 22 heavy (non-hydrogen) atoms. The first-order valence-electron chi connectivity index (χ1n) is 7.85. The molecule has 0 fully saturated rings. The lowest BCUT2D eigenvalue weighted by molar-refractivity contribution is -0.118. The van der Waals surface area contributed by atoms with Gasteiger partial charge in [0.05, 0.1) is 17.4 Å². The number of hydrogen-bond acceptors (Lipinski definition) is 3. The molecule has 1 aromatic carbocycles. The normalized spacial score (nSPS) is 20.6. The van der Waals surface area contributed by atoms with E-state index in [-0.39, 0.29) is 11.8 Å². The van der Waals surface area contributed by atoms with Crippen LogP contribution in [0.5, 0.6) is 0 Å². The number of amides is 1. The number of nitrogens with zero attached hydrogens (tertiary/aromatic N) is 2. The van der Waals surface area contributed by atoms with Crippen molar-refractivity contribution >= 4 is 11.7 Å². The number of anilines is 1. The Kier molecular flexibility index (Phi) is 3.98. The second-order valence-electron chi connectivity index (χ2n) is 5.86. The summed E-state index contributed by atoms with van der Waals surface area (Å²) in [4.78, 5) is 12.2. The smallest absolute Gasteiger partial charge is 0.243 e. The maximum atomic E-state index is 12.2. The van der Waals surface area contributed by atoms with Crippen LogP contribution in [0, 0.1) is 6.92 Å². The predicted molar refractivity (Wildman–Crippen MR) is 87.2 cm³/mol. The van der Waals surface area contributed by atoms with Crippen molar-refractivity contribution < 1.29 is 4.79 Å². The molecular weight excluding hydrogens is 276 g/mol. The summed E-state index contributed by atoms with van der Waals surface area (Å²) in [6.45, 7) is 4.14. The molecule has 5 nitrogen and oxygen atoms in total. The molecule has 2 atom stereocenters. The average molecular weight is 298 g/mol. The van der Waals surface area contributed by atoms with Gasteiger partial charge in [0.15, 0.2) is 0 Å². The van der Waals surface area contributed by atoms with E-state index in [2.05, 4.69) is 17.3 Å². The van der Waals surface area contributed by atoms with E-state index < -0.39 is 6.04 Å². The minimum atomic E-state index is -0.494. The highest BCUT2D eigenvalue weighted by atomic mass is 16.2. The van der Waals surface area contributed by atoms with E-state index in [1.807, 2.05) is 41.9 Å². The highest BCUT2D eigenvalue weighted by molar-refractivity contribution is 5.98. The molecule has 2 heterocycles. The number of unbranched alkanes of at least 4 members (excludes halogenated alkanes) is 1. The SMILES string of the molecule is CCCC[C@H]1c2c(C)nn(-c3ccccc3)c2NC(=O)[C@H]1N. The second-order valence-corrected chi connectivity index (χ2v) is 5.86. The predicted octanol–water partition coefficient (Wildman–Crippen LogP) is 2.73. The van der Waals surface area contributed by atoms with Crippen LogP contribution in [0.2, 0.25) is 0 Å². The highest BCUT2D eigenvalue weighted by Crippen LogP contribution is 2.38. The number of para-hydroxylation sites is 1. The summed E-state index contributed by atoms with van der Waals surface area (Å²) >= 11 is 0. The zero-order valence-electron chi connectivity index (χ0n) is 13.0. The van der Waals surface area contributed by atoms with Crippen LogP contribution in [0.4, 0.5) is 5.82 Å². The number of benzene rings is 1. The molecule has 0 saturated heterocycles. The van der Waals surface area contributed by atoms with Gasteiger partial charge in [-0.3, -0.25) is 4.79 Å². The zero-order valence-corrected chi connectivity index (χ0v) is 13.0. The third kappa shape index (κ3) is 2.41. The van der Waals surface area contributed by atoms with Crippen LogP contribution in [-0.4, -0.2) is 21.7 Å². The Morgan fingerprint density at radius 1 is 1.32 bits per heavy atom. The maximum Gasteiger partial charge on any atom is 0.243 e. The maximum absolute atomic E-state index is 12.2. The molecule has 0 saturated carbocycles. The number of nitrogens with two attached hydrogens (primary N) is 1. The molecule has 5 heteroatoms. The summed E-state index contributed by atoms with van der Waals surface area (Å²) in [7, 11) is 0. The summed E-state index contributed by atoms with van der Waals surface area (Å²) < 4.78 is 1.81. The molecule has 0 radical (unpaired) electrons. The minimum absolute atomic E-state index is 0.0427. The fraction of sp³-hybridized carbons (Fsp3) is 0.412. The molecule has 1 amide bonds. The fourth-order valence-corrected chi connectivity index (χ4v) is 3.17. The molecule has 1 aliphatic heterocycles. The summed E-state index contributed by atoms with van der Waals surface area (Å²) in [5, 5.41) is 7.58. The Bertz CT molecular complexity index is 677. The third-order valence-corrected chi connectivity index (χ3v) is 4.32. The molecule has 0 aliphatic carbocycles. The van der Waals surface area contributed by atoms with Crippen LogP contribution in [-0.2, 0) is 4.79 Å². The lowest BCUT2D eigenvalue weighted by atomic mass is 9.84. The third-order valence-electron chi connectivity index (χ3n) is 4.32. The van der Waals surface area contributed by atoms with Gasteiger partial charge in [0.1, 0.15) is 5.82 Å². The Morgan fingerprint density at radius 3 is 2.73 bits per heavy atom. The monoisotopic (exact) mass is 298 g/mol. The van der Waals surface area contributed by atoms with Crippen molar-refractivity contribution in [2.45, 2.75) is 45.1 Å². The number of hydrogen-bond donors (Lipinski definition) is 2. The molecular formula is C17H22N4O. The summed E-state index contributed by atoms with van der Waals surface area (Å²) in [5.74, 6) is 0.698. The number of rotatable bonds is 4. The van der Waals surface area contributed by atoms with Gasteiger partial charge in [-0.2, -0.15) is 5.10 Å². The minimum Gasteiger partial charge on any atom is -0.319 e. The van der Waals surface area contributed by atoms with E-state index in [9.17, 15) is 4.79 Å². The summed E-state index contributed by atoms with van der Waals surface area (Å²) in [6.07, 6.45) is 3.06. The zero-order chi connectivity index (χ0) is 15.7. The van der Waals surface area contributed by atoms with Crippen molar-refractivity contribution in [2.75, 3.05) is 5.32 Å². The summed E-state index contributed by atoms with van der Waals surface area (Å²) in [6, 6.07) is 9.35. The lowest BCUT2D eigenvalue weighted by Crippen LogP contribution is -2.44. The topological polar surface area (TPSA) is 72.9 Å². The van der Waals surface area contributed by atoms with Gasteiger partial charge in [0.2, 0.25) is 5.91 Å². The molecule has 116 valence electrons. The van der Waals surface area contributed by atoms with Gasteiger partial charge in [-0.05, 0) is 25.5 Å². The Labute approximate surface area is 130 Å². The van der Waals surface area contributed by atoms with Crippen molar-refractivity contribution in [2.24, 2.45) is 5.73 Å². The number of aryl methyl sites for hydroxylation is 1. The van der Waals surface area contributed by atoms with Gasteiger partial charge in [-0.25, -0.2) is 4.68 Å². The fourth-order valence-electron chi connectivity index (χ4n) is 3.17. The van der Waals surface area contributed by atoms with Crippen LogP contribution >= 0.6 is 0 Å². The highest BCUT2D eigenvalue weighted by Gasteiger charge is 2.37. The first kappa shape index (κ1) is 14.8. The molecule has 1 aliphatic rings. The molecule has 1 aromatic heterocycles. The van der Waals surface area contributed by atoms with Gasteiger partial charge < -0.3 is 11.1 Å². The van der Waals surface area contributed by atoms with E-state index in [1.54, 1.807) is 0 Å². The van der Waals surface area contributed by atoms with Crippen molar-refractivity contribution in [3.8, 4) is 5.69 Å². The van der Waals surface area contributed by atoms with Crippen LogP contribution < -0.4 is 11.1 Å². The first-order chi connectivity index (χ1) is 10.6.